The monoisotopic (exact) mass is 265 g/mol. The molecule has 0 aliphatic rings. The second kappa shape index (κ2) is 7.09. The molecule has 1 rings (SSSR count). The smallest absolute Gasteiger partial charge is 0.234 e. The summed E-state index contributed by atoms with van der Waals surface area (Å²) in [6.07, 6.45) is 2.58. The molecule has 1 heterocycles. The molecule has 0 aliphatic heterocycles. The molecular weight excluding hydrogens is 242 g/mol. The molecule has 0 bridgehead atoms. The Morgan fingerprint density at radius 2 is 2.21 bits per heavy atom. The van der Waals surface area contributed by atoms with Crippen LogP contribution in [0.25, 0.3) is 0 Å². The molecule has 19 heavy (non-hydrogen) atoms. The average molecular weight is 265 g/mol. The van der Waals surface area contributed by atoms with Gasteiger partial charge >= 0.3 is 0 Å². The van der Waals surface area contributed by atoms with Crippen LogP contribution in [0.3, 0.4) is 0 Å². The highest BCUT2D eigenvalue weighted by Crippen LogP contribution is 2.12. The molecule has 106 valence electrons. The van der Waals surface area contributed by atoms with Gasteiger partial charge in [0, 0.05) is 23.8 Å². The van der Waals surface area contributed by atoms with Crippen LogP contribution in [0, 0.1) is 0 Å². The van der Waals surface area contributed by atoms with Gasteiger partial charge in [-0.1, -0.05) is 13.0 Å². The number of carbonyl (C=O) groups is 1. The van der Waals surface area contributed by atoms with Gasteiger partial charge in [-0.15, -0.1) is 0 Å². The molecule has 0 spiro atoms. The summed E-state index contributed by atoms with van der Waals surface area (Å²) in [5.41, 5.74) is 0.776. The molecule has 0 aliphatic carbocycles. The number of carbonyl (C=O) groups excluding carboxylic acids is 1. The predicted molar refractivity (Wildman–Crippen MR) is 75.0 cm³/mol. The third-order valence-electron chi connectivity index (χ3n) is 3.01. The van der Waals surface area contributed by atoms with Crippen molar-refractivity contribution in [3.63, 3.8) is 0 Å². The maximum atomic E-state index is 11.7. The van der Waals surface area contributed by atoms with Gasteiger partial charge in [-0.25, -0.2) is 4.98 Å². The van der Waals surface area contributed by atoms with Crippen molar-refractivity contribution < 1.29 is 9.53 Å². The van der Waals surface area contributed by atoms with E-state index in [-0.39, 0.29) is 18.0 Å². The van der Waals surface area contributed by atoms with Crippen LogP contribution in [0.4, 0.5) is 0 Å². The van der Waals surface area contributed by atoms with Crippen LogP contribution in [-0.4, -0.2) is 30.1 Å². The summed E-state index contributed by atoms with van der Waals surface area (Å²) < 4.78 is 5.15. The quantitative estimate of drug-likeness (QED) is 0.784. The van der Waals surface area contributed by atoms with Crippen molar-refractivity contribution in [2.75, 3.05) is 13.7 Å². The van der Waals surface area contributed by atoms with Gasteiger partial charge in [-0.2, -0.15) is 0 Å². The largest absolute Gasteiger partial charge is 0.481 e. The number of amides is 1. The lowest BCUT2D eigenvalue weighted by atomic mass is 10.0. The third kappa shape index (κ3) is 5.26. The first kappa shape index (κ1) is 15.4. The van der Waals surface area contributed by atoms with Crippen molar-refractivity contribution in [2.45, 2.75) is 39.3 Å². The van der Waals surface area contributed by atoms with Crippen molar-refractivity contribution >= 4 is 5.91 Å². The van der Waals surface area contributed by atoms with Gasteiger partial charge in [0.2, 0.25) is 11.8 Å². The van der Waals surface area contributed by atoms with Crippen molar-refractivity contribution in [1.82, 2.24) is 15.6 Å². The SMILES string of the molecule is CCC(C)(C)NC(=O)CNCc1cccnc1OC. The Balaban J connectivity index is 2.40. The fourth-order valence-corrected chi connectivity index (χ4v) is 1.56. The van der Waals surface area contributed by atoms with Crippen LogP contribution in [0.2, 0.25) is 0 Å². The summed E-state index contributed by atoms with van der Waals surface area (Å²) in [5.74, 6) is 0.582. The molecule has 0 aromatic carbocycles. The minimum atomic E-state index is -0.162. The van der Waals surface area contributed by atoms with Gasteiger partial charge in [-0.3, -0.25) is 4.79 Å². The van der Waals surface area contributed by atoms with Crippen molar-refractivity contribution in [2.24, 2.45) is 0 Å². The molecule has 5 nitrogen and oxygen atoms in total. The summed E-state index contributed by atoms with van der Waals surface area (Å²) in [6, 6.07) is 3.77. The standard InChI is InChI=1S/C14H23N3O2/c1-5-14(2,3)17-12(18)10-15-9-11-7-6-8-16-13(11)19-4/h6-8,15H,5,9-10H2,1-4H3,(H,17,18). The number of rotatable bonds is 7. The van der Waals surface area contributed by atoms with Crippen molar-refractivity contribution in [3.8, 4) is 5.88 Å². The van der Waals surface area contributed by atoms with Crippen molar-refractivity contribution in [1.29, 1.82) is 0 Å². The Bertz CT molecular complexity index is 419. The van der Waals surface area contributed by atoms with E-state index < -0.39 is 0 Å². The number of nitrogens with zero attached hydrogens (tertiary/aromatic N) is 1. The molecule has 0 saturated carbocycles. The van der Waals surface area contributed by atoms with Crippen LogP contribution in [0.15, 0.2) is 18.3 Å². The Hall–Kier alpha value is -1.62. The summed E-state index contributed by atoms with van der Waals surface area (Å²) in [6.45, 7) is 6.90. The lowest BCUT2D eigenvalue weighted by Crippen LogP contribution is -2.46. The minimum absolute atomic E-state index is 0.00490. The highest BCUT2D eigenvalue weighted by atomic mass is 16.5. The molecule has 0 radical (unpaired) electrons. The maximum Gasteiger partial charge on any atom is 0.234 e. The molecule has 1 aromatic heterocycles. The Morgan fingerprint density at radius 3 is 2.84 bits per heavy atom. The highest BCUT2D eigenvalue weighted by molar-refractivity contribution is 5.78. The number of pyridine rings is 1. The van der Waals surface area contributed by atoms with E-state index in [4.69, 9.17) is 4.74 Å². The molecule has 0 fully saturated rings. The molecule has 1 amide bonds. The zero-order valence-corrected chi connectivity index (χ0v) is 12.1. The Kier molecular flexibility index (Phi) is 5.76. The lowest BCUT2D eigenvalue weighted by molar-refractivity contribution is -0.121. The number of methoxy groups -OCH3 is 1. The molecule has 0 saturated heterocycles. The predicted octanol–water partition coefficient (Wildman–Crippen LogP) is 1.48. The maximum absolute atomic E-state index is 11.7. The van der Waals surface area contributed by atoms with E-state index in [1.807, 2.05) is 32.9 Å². The Morgan fingerprint density at radius 1 is 1.47 bits per heavy atom. The first-order chi connectivity index (χ1) is 8.98. The van der Waals surface area contributed by atoms with Gasteiger partial charge in [0.15, 0.2) is 0 Å². The molecule has 0 atom stereocenters. The summed E-state index contributed by atoms with van der Waals surface area (Å²) in [4.78, 5) is 15.8. The minimum Gasteiger partial charge on any atom is -0.481 e. The summed E-state index contributed by atoms with van der Waals surface area (Å²) >= 11 is 0. The molecule has 0 unspecified atom stereocenters. The van der Waals surface area contributed by atoms with E-state index in [1.165, 1.54) is 0 Å². The summed E-state index contributed by atoms with van der Waals surface area (Å²) in [7, 11) is 1.59. The van der Waals surface area contributed by atoms with E-state index in [0.717, 1.165) is 12.0 Å². The van der Waals surface area contributed by atoms with E-state index >= 15 is 0 Å². The van der Waals surface area contributed by atoms with Crippen molar-refractivity contribution in [3.05, 3.63) is 23.9 Å². The average Bonchev–Trinajstić information content (AvgIpc) is 2.38. The number of ether oxygens (including phenoxy) is 1. The topological polar surface area (TPSA) is 63.2 Å². The van der Waals surface area contributed by atoms with E-state index in [0.29, 0.717) is 12.4 Å². The number of hydrogen-bond acceptors (Lipinski definition) is 4. The van der Waals surface area contributed by atoms with Crippen LogP contribution in [0.5, 0.6) is 5.88 Å². The van der Waals surface area contributed by atoms with Crippen LogP contribution in [0.1, 0.15) is 32.8 Å². The first-order valence-corrected chi connectivity index (χ1v) is 6.48. The van der Waals surface area contributed by atoms with Gasteiger partial charge < -0.3 is 15.4 Å². The molecule has 2 N–H and O–H groups in total. The van der Waals surface area contributed by atoms with Crippen LogP contribution >= 0.6 is 0 Å². The normalized spacial score (nSPS) is 11.2. The van der Waals surface area contributed by atoms with E-state index in [2.05, 4.69) is 15.6 Å². The third-order valence-corrected chi connectivity index (χ3v) is 3.01. The summed E-state index contributed by atoms with van der Waals surface area (Å²) in [5, 5.41) is 6.06. The number of aromatic nitrogens is 1. The Labute approximate surface area is 114 Å². The second-order valence-corrected chi connectivity index (χ2v) is 5.06. The highest BCUT2D eigenvalue weighted by Gasteiger charge is 2.17. The van der Waals surface area contributed by atoms with E-state index in [1.54, 1.807) is 13.3 Å². The molecule has 5 heteroatoms. The zero-order valence-electron chi connectivity index (χ0n) is 12.1. The van der Waals surface area contributed by atoms with Crippen LogP contribution in [-0.2, 0) is 11.3 Å². The number of hydrogen-bond donors (Lipinski definition) is 2. The fraction of sp³-hybridized carbons (Fsp3) is 0.571. The van der Waals surface area contributed by atoms with Crippen LogP contribution < -0.4 is 15.4 Å². The molecule has 1 aromatic rings. The number of nitrogens with one attached hydrogen (secondary N) is 2. The van der Waals surface area contributed by atoms with Gasteiger partial charge in [0.05, 0.1) is 13.7 Å². The second-order valence-electron chi connectivity index (χ2n) is 5.06. The molecular formula is C14H23N3O2. The van der Waals surface area contributed by atoms with Gasteiger partial charge in [-0.05, 0) is 26.3 Å². The van der Waals surface area contributed by atoms with Gasteiger partial charge in [0.1, 0.15) is 0 Å². The first-order valence-electron chi connectivity index (χ1n) is 6.48. The van der Waals surface area contributed by atoms with Gasteiger partial charge in [0.25, 0.3) is 0 Å². The zero-order chi connectivity index (χ0) is 14.3. The fourth-order valence-electron chi connectivity index (χ4n) is 1.56. The van der Waals surface area contributed by atoms with E-state index in [9.17, 15) is 4.79 Å². The lowest BCUT2D eigenvalue weighted by Gasteiger charge is -2.24.